The molecule has 2 N–H and O–H groups in total. The smallest absolute Gasteiger partial charge is 0.191 e. The highest BCUT2D eigenvalue weighted by molar-refractivity contribution is 14.0. The average molecular weight is 416 g/mol. The molecule has 0 saturated carbocycles. The first-order valence-corrected chi connectivity index (χ1v) is 7.72. The van der Waals surface area contributed by atoms with E-state index in [0.717, 1.165) is 64.0 Å². The Morgan fingerprint density at radius 3 is 2.82 bits per heavy atom. The number of anilines is 1. The number of halogens is 1. The molecular formula is C15H25IN6. The van der Waals surface area contributed by atoms with E-state index in [9.17, 15) is 0 Å². The van der Waals surface area contributed by atoms with E-state index in [1.165, 1.54) is 5.56 Å². The second-order valence-electron chi connectivity index (χ2n) is 5.64. The Hall–Kier alpha value is -1.09. The van der Waals surface area contributed by atoms with Crippen molar-refractivity contribution in [2.45, 2.75) is 13.0 Å². The number of hydrogen-bond donors (Lipinski definition) is 2. The molecule has 3 heterocycles. The normalized spacial score (nSPS) is 19.0. The van der Waals surface area contributed by atoms with Gasteiger partial charge < -0.3 is 20.4 Å². The van der Waals surface area contributed by atoms with Crippen LogP contribution < -0.4 is 15.5 Å². The molecule has 0 amide bonds. The molecule has 0 aromatic carbocycles. The molecule has 3 rings (SSSR count). The molecule has 2 aliphatic heterocycles. The first kappa shape index (κ1) is 17.3. The molecule has 1 aromatic heterocycles. The summed E-state index contributed by atoms with van der Waals surface area (Å²) in [7, 11) is 2.17. The average Bonchev–Trinajstić information content (AvgIpc) is 2.55. The van der Waals surface area contributed by atoms with E-state index in [0.29, 0.717) is 0 Å². The minimum absolute atomic E-state index is 0. The van der Waals surface area contributed by atoms with Gasteiger partial charge in [-0.05, 0) is 19.5 Å². The molecule has 1 saturated heterocycles. The van der Waals surface area contributed by atoms with Gasteiger partial charge in [0.1, 0.15) is 5.82 Å². The third kappa shape index (κ3) is 4.45. The highest BCUT2D eigenvalue weighted by atomic mass is 127. The second-order valence-corrected chi connectivity index (χ2v) is 5.64. The molecule has 0 atom stereocenters. The molecule has 0 radical (unpaired) electrons. The third-order valence-corrected chi connectivity index (χ3v) is 4.01. The van der Waals surface area contributed by atoms with Gasteiger partial charge in [-0.3, -0.25) is 4.99 Å². The summed E-state index contributed by atoms with van der Waals surface area (Å²) in [5.74, 6) is 2.02. The maximum Gasteiger partial charge on any atom is 0.191 e. The van der Waals surface area contributed by atoms with Crippen LogP contribution >= 0.6 is 24.0 Å². The van der Waals surface area contributed by atoms with Gasteiger partial charge in [0.25, 0.3) is 0 Å². The number of piperazine rings is 1. The fourth-order valence-electron chi connectivity index (χ4n) is 2.70. The van der Waals surface area contributed by atoms with E-state index in [2.05, 4.69) is 43.5 Å². The van der Waals surface area contributed by atoms with Crippen LogP contribution in [0.5, 0.6) is 0 Å². The number of aromatic nitrogens is 1. The van der Waals surface area contributed by atoms with Gasteiger partial charge in [0.05, 0.1) is 0 Å². The van der Waals surface area contributed by atoms with E-state index in [-0.39, 0.29) is 24.0 Å². The first-order chi connectivity index (χ1) is 10.3. The summed E-state index contributed by atoms with van der Waals surface area (Å²) < 4.78 is 0. The predicted molar refractivity (Wildman–Crippen MR) is 101 cm³/mol. The van der Waals surface area contributed by atoms with Gasteiger partial charge >= 0.3 is 0 Å². The Kier molecular flexibility index (Phi) is 6.69. The summed E-state index contributed by atoms with van der Waals surface area (Å²) in [5, 5.41) is 6.68. The summed E-state index contributed by atoms with van der Waals surface area (Å²) >= 11 is 0. The van der Waals surface area contributed by atoms with E-state index in [4.69, 9.17) is 0 Å². The lowest BCUT2D eigenvalue weighted by Crippen LogP contribution is -2.45. The molecular weight excluding hydrogens is 391 g/mol. The maximum absolute atomic E-state index is 4.60. The molecule has 22 heavy (non-hydrogen) atoms. The van der Waals surface area contributed by atoms with E-state index in [1.807, 2.05) is 12.3 Å². The Balaban J connectivity index is 0.00000176. The summed E-state index contributed by atoms with van der Waals surface area (Å²) in [6.07, 6.45) is 3.00. The van der Waals surface area contributed by atoms with Crippen molar-refractivity contribution in [3.8, 4) is 0 Å². The van der Waals surface area contributed by atoms with Crippen molar-refractivity contribution in [2.75, 3.05) is 51.2 Å². The lowest BCUT2D eigenvalue weighted by molar-refractivity contribution is 0.312. The van der Waals surface area contributed by atoms with Crippen LogP contribution in [0.15, 0.2) is 23.3 Å². The minimum atomic E-state index is 0. The number of guanidine groups is 1. The summed E-state index contributed by atoms with van der Waals surface area (Å²) in [6.45, 7) is 6.95. The Morgan fingerprint density at radius 1 is 1.27 bits per heavy atom. The molecule has 2 aliphatic rings. The largest absolute Gasteiger partial charge is 0.356 e. The van der Waals surface area contributed by atoms with E-state index >= 15 is 0 Å². The van der Waals surface area contributed by atoms with Crippen molar-refractivity contribution in [1.82, 2.24) is 20.5 Å². The number of likely N-dealkylation sites (N-methyl/N-ethyl adjacent to an activating group) is 1. The topological polar surface area (TPSA) is 55.8 Å². The number of nitrogens with one attached hydrogen (secondary N) is 2. The van der Waals surface area contributed by atoms with Crippen LogP contribution in [0.25, 0.3) is 0 Å². The molecule has 0 bridgehead atoms. The number of pyridine rings is 1. The van der Waals surface area contributed by atoms with Crippen molar-refractivity contribution in [3.05, 3.63) is 23.9 Å². The Bertz CT molecular complexity index is 499. The minimum Gasteiger partial charge on any atom is -0.356 e. The van der Waals surface area contributed by atoms with E-state index in [1.54, 1.807) is 0 Å². The standard InChI is InChI=1S/C15H24N6.HI/c1-20-8-10-21(11-9-20)14-13(4-2-5-16-14)12-19-15-17-6-3-7-18-15;/h2,4-5H,3,6-12H2,1H3,(H2,17,18,19);1H. The molecule has 122 valence electrons. The number of rotatable bonds is 3. The number of nitrogens with zero attached hydrogens (tertiary/aromatic N) is 4. The van der Waals surface area contributed by atoms with Gasteiger partial charge in [0.15, 0.2) is 5.96 Å². The fourth-order valence-corrected chi connectivity index (χ4v) is 2.70. The van der Waals surface area contributed by atoms with Crippen LogP contribution in [0.1, 0.15) is 12.0 Å². The lowest BCUT2D eigenvalue weighted by Gasteiger charge is -2.34. The van der Waals surface area contributed by atoms with Gasteiger partial charge in [-0.2, -0.15) is 0 Å². The van der Waals surface area contributed by atoms with Crippen molar-refractivity contribution < 1.29 is 0 Å². The molecule has 0 unspecified atom stereocenters. The zero-order valence-electron chi connectivity index (χ0n) is 13.1. The Morgan fingerprint density at radius 2 is 2.09 bits per heavy atom. The quantitative estimate of drug-likeness (QED) is 0.718. The highest BCUT2D eigenvalue weighted by Crippen LogP contribution is 2.18. The van der Waals surface area contributed by atoms with Crippen molar-refractivity contribution >= 4 is 35.8 Å². The van der Waals surface area contributed by atoms with Crippen molar-refractivity contribution in [2.24, 2.45) is 4.99 Å². The maximum atomic E-state index is 4.60. The Labute approximate surface area is 149 Å². The molecule has 0 spiro atoms. The highest BCUT2D eigenvalue weighted by Gasteiger charge is 2.18. The SMILES string of the molecule is CN1CCN(c2ncccc2CNC2=NCCCN2)CC1.I. The third-order valence-electron chi connectivity index (χ3n) is 4.01. The molecule has 1 aromatic rings. The summed E-state index contributed by atoms with van der Waals surface area (Å²) in [6, 6.07) is 4.16. The number of hydrogen-bond acceptors (Lipinski definition) is 6. The molecule has 7 heteroatoms. The van der Waals surface area contributed by atoms with Crippen LogP contribution in [-0.4, -0.2) is 62.2 Å². The molecule has 6 nitrogen and oxygen atoms in total. The monoisotopic (exact) mass is 416 g/mol. The fraction of sp³-hybridized carbons (Fsp3) is 0.600. The van der Waals surface area contributed by atoms with Crippen LogP contribution in [0.2, 0.25) is 0 Å². The van der Waals surface area contributed by atoms with Gasteiger partial charge in [-0.1, -0.05) is 6.07 Å². The van der Waals surface area contributed by atoms with Gasteiger partial charge in [0, 0.05) is 57.6 Å². The summed E-state index contributed by atoms with van der Waals surface area (Å²) in [4.78, 5) is 13.8. The van der Waals surface area contributed by atoms with E-state index < -0.39 is 0 Å². The van der Waals surface area contributed by atoms with Crippen LogP contribution in [0.3, 0.4) is 0 Å². The lowest BCUT2D eigenvalue weighted by atomic mass is 10.2. The van der Waals surface area contributed by atoms with Crippen LogP contribution in [-0.2, 0) is 6.54 Å². The zero-order chi connectivity index (χ0) is 14.5. The van der Waals surface area contributed by atoms with Gasteiger partial charge in [-0.25, -0.2) is 4.98 Å². The van der Waals surface area contributed by atoms with Crippen molar-refractivity contribution in [3.63, 3.8) is 0 Å². The van der Waals surface area contributed by atoms with Gasteiger partial charge in [0.2, 0.25) is 0 Å². The van der Waals surface area contributed by atoms with Crippen LogP contribution in [0, 0.1) is 0 Å². The second kappa shape index (κ2) is 8.52. The first-order valence-electron chi connectivity index (χ1n) is 7.72. The molecule has 0 aliphatic carbocycles. The molecule has 1 fully saturated rings. The van der Waals surface area contributed by atoms with Crippen LogP contribution in [0.4, 0.5) is 5.82 Å². The van der Waals surface area contributed by atoms with Gasteiger partial charge in [-0.15, -0.1) is 24.0 Å². The predicted octanol–water partition coefficient (Wildman–Crippen LogP) is 0.890. The number of aliphatic imine (C=N–C) groups is 1. The summed E-state index contributed by atoms with van der Waals surface area (Å²) in [5.41, 5.74) is 1.23. The zero-order valence-corrected chi connectivity index (χ0v) is 15.4. The van der Waals surface area contributed by atoms with Crippen molar-refractivity contribution in [1.29, 1.82) is 0 Å².